The molecular weight excluding hydrogens is 504 g/mol. The highest BCUT2D eigenvalue weighted by atomic mass is 35.5. The first kappa shape index (κ1) is 24.9. The van der Waals surface area contributed by atoms with Gasteiger partial charge in [-0.15, -0.1) is 0 Å². The molecule has 11 heteroatoms. The zero-order chi connectivity index (χ0) is 26.3. The zero-order valence-corrected chi connectivity index (χ0v) is 22.2. The van der Waals surface area contributed by atoms with Crippen molar-refractivity contribution in [1.82, 2.24) is 36.6 Å². The van der Waals surface area contributed by atoms with Gasteiger partial charge in [0.2, 0.25) is 0 Å². The molecule has 4 N–H and O–H groups in total. The number of hydrazine groups is 2. The summed E-state index contributed by atoms with van der Waals surface area (Å²) < 4.78 is 5.84. The van der Waals surface area contributed by atoms with Gasteiger partial charge < -0.3 is 15.0 Å². The van der Waals surface area contributed by atoms with Crippen LogP contribution in [0, 0.1) is 0 Å². The van der Waals surface area contributed by atoms with Gasteiger partial charge in [0.15, 0.2) is 0 Å². The Morgan fingerprint density at radius 3 is 2.84 bits per heavy atom. The molecule has 2 aromatic heterocycles. The summed E-state index contributed by atoms with van der Waals surface area (Å²) in [5.74, 6) is 1.49. The van der Waals surface area contributed by atoms with Gasteiger partial charge in [-0.1, -0.05) is 11.6 Å². The predicted octanol–water partition coefficient (Wildman–Crippen LogP) is 2.70. The normalized spacial score (nSPS) is 22.0. The van der Waals surface area contributed by atoms with Gasteiger partial charge in [-0.05, 0) is 57.0 Å². The summed E-state index contributed by atoms with van der Waals surface area (Å²) in [7, 11) is 0. The molecule has 38 heavy (non-hydrogen) atoms. The van der Waals surface area contributed by atoms with E-state index >= 15 is 0 Å². The van der Waals surface area contributed by atoms with E-state index in [1.807, 2.05) is 24.3 Å². The number of piperidine rings is 1. The third kappa shape index (κ3) is 4.64. The third-order valence-corrected chi connectivity index (χ3v) is 7.74. The van der Waals surface area contributed by atoms with Crippen LogP contribution < -0.4 is 26.5 Å². The molecule has 198 valence electrons. The van der Waals surface area contributed by atoms with Crippen LogP contribution in [0.5, 0.6) is 0 Å². The highest BCUT2D eigenvalue weighted by molar-refractivity contribution is 6.33. The van der Waals surface area contributed by atoms with Crippen LogP contribution in [-0.2, 0) is 4.74 Å². The number of ether oxygens (including phenoxy) is 1. The quantitative estimate of drug-likeness (QED) is 0.445. The summed E-state index contributed by atoms with van der Waals surface area (Å²) in [6, 6.07) is 7.59. The summed E-state index contributed by atoms with van der Waals surface area (Å²) in [6.45, 7) is 6.98. The number of anilines is 1. The van der Waals surface area contributed by atoms with Gasteiger partial charge in [-0.2, -0.15) is 0 Å². The van der Waals surface area contributed by atoms with Crippen molar-refractivity contribution in [3.8, 4) is 0 Å². The number of allylic oxidation sites excluding steroid dienone is 2. The van der Waals surface area contributed by atoms with E-state index in [0.717, 1.165) is 60.9 Å². The summed E-state index contributed by atoms with van der Waals surface area (Å²) >= 11 is 6.17. The molecule has 4 aliphatic rings. The fourth-order valence-electron chi connectivity index (χ4n) is 5.34. The molecule has 0 saturated carbocycles. The number of rotatable bonds is 6. The fourth-order valence-corrected chi connectivity index (χ4v) is 5.55. The number of pyridine rings is 2. The number of carbonyl (C=O) groups excluding carboxylic acids is 1. The average Bonchev–Trinajstić information content (AvgIpc) is 3.50. The molecular formula is C27H31ClN8O2. The Hall–Kier alpha value is -3.44. The topological polar surface area (TPSA) is 107 Å². The molecule has 0 radical (unpaired) electrons. The molecule has 0 spiro atoms. The molecule has 6 rings (SSSR count). The number of halogens is 1. The Bertz CT molecular complexity index is 1330. The van der Waals surface area contributed by atoms with Gasteiger partial charge in [0.1, 0.15) is 23.4 Å². The largest absolute Gasteiger partial charge is 0.492 e. The van der Waals surface area contributed by atoms with E-state index in [2.05, 4.69) is 56.6 Å². The molecule has 2 saturated heterocycles. The second-order valence-electron chi connectivity index (χ2n) is 10.1. The van der Waals surface area contributed by atoms with Crippen molar-refractivity contribution in [3.63, 3.8) is 0 Å². The minimum Gasteiger partial charge on any atom is -0.492 e. The van der Waals surface area contributed by atoms with Crippen molar-refractivity contribution in [1.29, 1.82) is 0 Å². The van der Waals surface area contributed by atoms with Crippen LogP contribution in [0.4, 0.5) is 5.82 Å². The predicted molar refractivity (Wildman–Crippen MR) is 145 cm³/mol. The smallest absolute Gasteiger partial charge is 0.271 e. The summed E-state index contributed by atoms with van der Waals surface area (Å²) in [4.78, 5) is 24.0. The third-order valence-electron chi connectivity index (χ3n) is 7.43. The second kappa shape index (κ2) is 10.0. The monoisotopic (exact) mass is 534 g/mol. The van der Waals surface area contributed by atoms with E-state index in [9.17, 15) is 4.79 Å². The minimum atomic E-state index is -0.337. The molecule has 0 bridgehead atoms. The maximum Gasteiger partial charge on any atom is 0.271 e. The number of fused-ring (bicyclic) bond motifs is 2. The summed E-state index contributed by atoms with van der Waals surface area (Å²) in [5, 5.41) is 5.55. The van der Waals surface area contributed by atoms with Gasteiger partial charge in [-0.3, -0.25) is 15.2 Å². The van der Waals surface area contributed by atoms with Crippen LogP contribution in [0.25, 0.3) is 5.57 Å². The van der Waals surface area contributed by atoms with Crippen LogP contribution in [0.1, 0.15) is 42.7 Å². The molecule has 2 aromatic rings. The standard InChI is InChI=1S/C27H31ClN8O2/c1-3-38-18-13-19(24-20-15-31-33-25(20)34-36(24)16-18)17-6-7-22(30-14-17)35-11-8-27(2,9-12-35)32-26(37)23-21(28)5-4-10-29-23/h4-7,10,13-14,16,25,31,33-34H,3,8-9,11-12,15H2,1-2H3,(H,32,37). The Kier molecular flexibility index (Phi) is 6.56. The minimum absolute atomic E-state index is 0.0507. The lowest BCUT2D eigenvalue weighted by molar-refractivity contribution is 0.0886. The second-order valence-corrected chi connectivity index (χ2v) is 10.5. The van der Waals surface area contributed by atoms with Crippen molar-refractivity contribution in [2.45, 2.75) is 38.4 Å². The Morgan fingerprint density at radius 1 is 1.26 bits per heavy atom. The maximum absolute atomic E-state index is 12.8. The Morgan fingerprint density at radius 2 is 2.11 bits per heavy atom. The molecule has 4 aliphatic heterocycles. The number of hydrogen-bond donors (Lipinski definition) is 4. The molecule has 1 atom stereocenters. The number of amides is 1. The van der Waals surface area contributed by atoms with Crippen LogP contribution >= 0.6 is 11.6 Å². The lowest BCUT2D eigenvalue weighted by Crippen LogP contribution is -2.53. The van der Waals surface area contributed by atoms with Crippen molar-refractivity contribution < 1.29 is 9.53 Å². The number of carbonyl (C=O) groups is 1. The van der Waals surface area contributed by atoms with Gasteiger partial charge in [0, 0.05) is 54.3 Å². The highest BCUT2D eigenvalue weighted by Crippen LogP contribution is 2.38. The van der Waals surface area contributed by atoms with E-state index in [4.69, 9.17) is 21.3 Å². The van der Waals surface area contributed by atoms with Crippen LogP contribution in [-0.4, -0.2) is 58.8 Å². The summed E-state index contributed by atoms with van der Waals surface area (Å²) in [5.41, 5.74) is 14.4. The molecule has 6 heterocycles. The van der Waals surface area contributed by atoms with E-state index in [1.165, 1.54) is 5.57 Å². The fraction of sp³-hybridized carbons (Fsp3) is 0.370. The number of nitrogens with zero attached hydrogens (tertiary/aromatic N) is 4. The Labute approximate surface area is 226 Å². The molecule has 0 aromatic carbocycles. The first-order valence-corrected chi connectivity index (χ1v) is 13.3. The van der Waals surface area contributed by atoms with Gasteiger partial charge in [-0.25, -0.2) is 20.8 Å². The average molecular weight is 535 g/mol. The van der Waals surface area contributed by atoms with Gasteiger partial charge in [0.25, 0.3) is 5.91 Å². The lowest BCUT2D eigenvalue weighted by atomic mass is 9.89. The maximum atomic E-state index is 12.8. The van der Waals surface area contributed by atoms with Crippen molar-refractivity contribution >= 4 is 28.9 Å². The number of nitrogens with one attached hydrogen (secondary N) is 4. The molecule has 10 nitrogen and oxygen atoms in total. The Balaban J connectivity index is 1.16. The van der Waals surface area contributed by atoms with Gasteiger partial charge in [0.05, 0.1) is 23.5 Å². The van der Waals surface area contributed by atoms with E-state index in [1.54, 1.807) is 18.3 Å². The van der Waals surface area contributed by atoms with E-state index in [-0.39, 0.29) is 23.3 Å². The van der Waals surface area contributed by atoms with Crippen LogP contribution in [0.3, 0.4) is 0 Å². The molecule has 2 fully saturated rings. The van der Waals surface area contributed by atoms with Crippen LogP contribution in [0.15, 0.2) is 66.0 Å². The SMILES string of the molecule is CCOC1=CN2NC3NNCC3=C2C(c2ccc(N3CCC(C)(NC(=O)c4ncccc4Cl)CC3)nc2)=C1. The first-order valence-electron chi connectivity index (χ1n) is 12.9. The molecule has 1 unspecified atom stereocenters. The number of aromatic nitrogens is 2. The van der Waals surface area contributed by atoms with Crippen LogP contribution in [0.2, 0.25) is 5.02 Å². The van der Waals surface area contributed by atoms with Crippen molar-refractivity contribution in [2.24, 2.45) is 0 Å². The zero-order valence-electron chi connectivity index (χ0n) is 21.4. The molecule has 0 aliphatic carbocycles. The highest BCUT2D eigenvalue weighted by Gasteiger charge is 2.38. The van der Waals surface area contributed by atoms with E-state index < -0.39 is 0 Å². The lowest BCUT2D eigenvalue weighted by Gasteiger charge is -2.40. The first-order chi connectivity index (χ1) is 18.4. The van der Waals surface area contributed by atoms with Crippen molar-refractivity contribution in [3.05, 3.63) is 82.2 Å². The van der Waals surface area contributed by atoms with Gasteiger partial charge >= 0.3 is 0 Å². The molecule has 1 amide bonds. The van der Waals surface area contributed by atoms with Crippen molar-refractivity contribution in [2.75, 3.05) is 31.1 Å². The number of hydrogen-bond acceptors (Lipinski definition) is 9. The summed E-state index contributed by atoms with van der Waals surface area (Å²) in [6.07, 6.45) is 9.22. The van der Waals surface area contributed by atoms with E-state index in [0.29, 0.717) is 11.6 Å².